The second-order valence-electron chi connectivity index (χ2n) is 6.62. The monoisotopic (exact) mass is 497 g/mol. The van der Waals surface area contributed by atoms with Gasteiger partial charge in [-0.15, -0.1) is 10.2 Å². The normalized spacial score (nSPS) is 11.7. The Bertz CT molecular complexity index is 1200. The smallest absolute Gasteiger partial charge is 0.252 e. The van der Waals surface area contributed by atoms with Gasteiger partial charge in [-0.25, -0.2) is 0 Å². The summed E-state index contributed by atoms with van der Waals surface area (Å²) in [5.41, 5.74) is 2.00. The third-order valence-electron chi connectivity index (χ3n) is 4.60. The predicted molar refractivity (Wildman–Crippen MR) is 121 cm³/mol. The van der Waals surface area contributed by atoms with Crippen molar-refractivity contribution in [3.8, 4) is 17.2 Å². The number of carbonyl (C=O) groups excluding carboxylic acids is 1. The number of methoxy groups -OCH3 is 1. The van der Waals surface area contributed by atoms with Gasteiger partial charge in [-0.2, -0.15) is 0 Å². The van der Waals surface area contributed by atoms with Gasteiger partial charge in [0.25, 0.3) is 5.91 Å². The Morgan fingerprint density at radius 2 is 1.81 bits per heavy atom. The van der Waals surface area contributed by atoms with E-state index in [1.54, 1.807) is 37.4 Å². The topological polar surface area (TPSA) is 77.2 Å². The number of carbonyl (C=O) groups is 1. The van der Waals surface area contributed by atoms with E-state index in [9.17, 15) is 4.79 Å². The fourth-order valence-corrected chi connectivity index (χ4v) is 3.68. The Labute approximate surface area is 192 Å². The van der Waals surface area contributed by atoms with Crippen LogP contribution in [0.25, 0.3) is 11.5 Å². The van der Waals surface area contributed by atoms with Crippen LogP contribution in [0.2, 0.25) is 5.02 Å². The SMILES string of the molecule is COc1ccc(C(=O)N[C@@H](c2ccc(Cl)cc2)c2nnc(-c3ccccc3)o2)cc1Br. The number of halogens is 2. The van der Waals surface area contributed by atoms with Crippen LogP contribution in [0, 0.1) is 0 Å². The number of nitrogens with zero attached hydrogens (tertiary/aromatic N) is 2. The van der Waals surface area contributed by atoms with E-state index < -0.39 is 6.04 Å². The molecule has 156 valence electrons. The predicted octanol–water partition coefficient (Wildman–Crippen LogP) is 5.68. The molecule has 1 atom stereocenters. The van der Waals surface area contributed by atoms with Crippen LogP contribution >= 0.6 is 27.5 Å². The molecule has 0 radical (unpaired) electrons. The Kier molecular flexibility index (Phi) is 6.34. The highest BCUT2D eigenvalue weighted by atomic mass is 79.9. The Balaban J connectivity index is 1.67. The van der Waals surface area contributed by atoms with Gasteiger partial charge in [-0.05, 0) is 64.0 Å². The van der Waals surface area contributed by atoms with E-state index in [-0.39, 0.29) is 11.8 Å². The van der Waals surface area contributed by atoms with Crippen molar-refractivity contribution in [1.82, 2.24) is 15.5 Å². The summed E-state index contributed by atoms with van der Waals surface area (Å²) >= 11 is 9.45. The van der Waals surface area contributed by atoms with Crippen molar-refractivity contribution >= 4 is 33.4 Å². The minimum atomic E-state index is -0.657. The zero-order chi connectivity index (χ0) is 21.8. The van der Waals surface area contributed by atoms with Crippen molar-refractivity contribution in [3.05, 3.63) is 99.3 Å². The van der Waals surface area contributed by atoms with Gasteiger partial charge in [0.15, 0.2) is 0 Å². The standard InChI is InChI=1S/C23H17BrClN3O3/c1-30-19-12-9-16(13-18(19)24)21(29)26-20(14-7-10-17(25)11-8-14)23-28-27-22(31-23)15-5-3-2-4-6-15/h2-13,20H,1H3,(H,26,29)/t20-/m0/s1. The van der Waals surface area contributed by atoms with E-state index in [0.29, 0.717) is 26.7 Å². The molecule has 0 saturated heterocycles. The molecule has 1 heterocycles. The molecule has 0 spiro atoms. The molecule has 0 aliphatic heterocycles. The third-order valence-corrected chi connectivity index (χ3v) is 5.47. The average molecular weight is 499 g/mol. The Morgan fingerprint density at radius 1 is 1.06 bits per heavy atom. The van der Waals surface area contributed by atoms with Crippen LogP contribution < -0.4 is 10.1 Å². The van der Waals surface area contributed by atoms with Crippen LogP contribution in [0.15, 0.2) is 81.7 Å². The molecule has 6 nitrogen and oxygen atoms in total. The summed E-state index contributed by atoms with van der Waals surface area (Å²) in [6, 6.07) is 21.0. The van der Waals surface area contributed by atoms with Gasteiger partial charge in [-0.3, -0.25) is 4.79 Å². The highest BCUT2D eigenvalue weighted by Gasteiger charge is 2.24. The largest absolute Gasteiger partial charge is 0.496 e. The van der Waals surface area contributed by atoms with Crippen molar-refractivity contribution in [2.24, 2.45) is 0 Å². The number of aromatic nitrogens is 2. The zero-order valence-electron chi connectivity index (χ0n) is 16.4. The number of hydrogen-bond acceptors (Lipinski definition) is 5. The van der Waals surface area contributed by atoms with Gasteiger partial charge in [0, 0.05) is 16.1 Å². The van der Waals surface area contributed by atoms with Crippen molar-refractivity contribution in [2.75, 3.05) is 7.11 Å². The molecular weight excluding hydrogens is 482 g/mol. The Morgan fingerprint density at radius 3 is 2.48 bits per heavy atom. The van der Waals surface area contributed by atoms with Crippen molar-refractivity contribution in [3.63, 3.8) is 0 Å². The molecule has 4 aromatic rings. The van der Waals surface area contributed by atoms with Crippen LogP contribution in [0.5, 0.6) is 5.75 Å². The summed E-state index contributed by atoms with van der Waals surface area (Å²) in [5.74, 6) is 0.969. The van der Waals surface area contributed by atoms with Gasteiger partial charge < -0.3 is 14.5 Å². The van der Waals surface area contributed by atoms with Crippen LogP contribution in [0.1, 0.15) is 27.9 Å². The van der Waals surface area contributed by atoms with Crippen LogP contribution in [-0.2, 0) is 0 Å². The second kappa shape index (κ2) is 9.32. The molecule has 4 rings (SSSR count). The first-order valence-electron chi connectivity index (χ1n) is 9.34. The lowest BCUT2D eigenvalue weighted by molar-refractivity contribution is 0.0938. The van der Waals surface area contributed by atoms with E-state index >= 15 is 0 Å². The molecule has 0 saturated carbocycles. The molecule has 8 heteroatoms. The minimum absolute atomic E-state index is 0.266. The highest BCUT2D eigenvalue weighted by molar-refractivity contribution is 9.10. The molecular formula is C23H17BrClN3O3. The fourth-order valence-electron chi connectivity index (χ4n) is 3.01. The number of rotatable bonds is 6. The van der Waals surface area contributed by atoms with Gasteiger partial charge in [-0.1, -0.05) is 41.9 Å². The number of ether oxygens (including phenoxy) is 1. The molecule has 1 amide bonds. The molecule has 0 unspecified atom stereocenters. The number of benzene rings is 3. The van der Waals surface area contributed by atoms with Gasteiger partial charge >= 0.3 is 0 Å². The van der Waals surface area contributed by atoms with E-state index in [0.717, 1.165) is 11.1 Å². The first kappa shape index (κ1) is 21.1. The van der Waals surface area contributed by atoms with E-state index in [4.69, 9.17) is 20.8 Å². The lowest BCUT2D eigenvalue weighted by Crippen LogP contribution is -2.29. The number of hydrogen-bond donors (Lipinski definition) is 1. The molecule has 1 aromatic heterocycles. The quantitative estimate of drug-likeness (QED) is 0.370. The summed E-state index contributed by atoms with van der Waals surface area (Å²) in [4.78, 5) is 13.0. The summed E-state index contributed by atoms with van der Waals surface area (Å²) in [5, 5.41) is 11.9. The van der Waals surface area contributed by atoms with E-state index in [2.05, 4.69) is 31.4 Å². The Hall–Kier alpha value is -3.16. The lowest BCUT2D eigenvalue weighted by Gasteiger charge is -2.16. The molecule has 0 aliphatic carbocycles. The highest BCUT2D eigenvalue weighted by Crippen LogP contribution is 2.28. The van der Waals surface area contributed by atoms with Crippen molar-refractivity contribution in [1.29, 1.82) is 0 Å². The molecule has 3 aromatic carbocycles. The maximum Gasteiger partial charge on any atom is 0.252 e. The van der Waals surface area contributed by atoms with E-state index in [1.165, 1.54) is 0 Å². The maximum atomic E-state index is 13.0. The molecule has 0 aliphatic rings. The molecule has 0 fully saturated rings. The van der Waals surface area contributed by atoms with Crippen LogP contribution in [0.4, 0.5) is 0 Å². The number of amides is 1. The fraction of sp³-hybridized carbons (Fsp3) is 0.0870. The third kappa shape index (κ3) is 4.78. The number of nitrogens with one attached hydrogen (secondary N) is 1. The average Bonchev–Trinajstić information content (AvgIpc) is 3.28. The molecule has 0 bridgehead atoms. The van der Waals surface area contributed by atoms with Crippen LogP contribution in [0.3, 0.4) is 0 Å². The van der Waals surface area contributed by atoms with Crippen LogP contribution in [-0.4, -0.2) is 23.2 Å². The van der Waals surface area contributed by atoms with Gasteiger partial charge in [0.1, 0.15) is 11.8 Å². The molecule has 1 N–H and O–H groups in total. The summed E-state index contributed by atoms with van der Waals surface area (Å²) < 4.78 is 11.8. The summed E-state index contributed by atoms with van der Waals surface area (Å²) in [6.45, 7) is 0. The zero-order valence-corrected chi connectivity index (χ0v) is 18.7. The maximum absolute atomic E-state index is 13.0. The van der Waals surface area contributed by atoms with E-state index in [1.807, 2.05) is 42.5 Å². The summed E-state index contributed by atoms with van der Waals surface area (Å²) in [6.07, 6.45) is 0. The van der Waals surface area contributed by atoms with Gasteiger partial charge in [0.2, 0.25) is 11.8 Å². The summed E-state index contributed by atoms with van der Waals surface area (Å²) in [7, 11) is 1.57. The van der Waals surface area contributed by atoms with Crippen molar-refractivity contribution < 1.29 is 13.9 Å². The molecule has 31 heavy (non-hydrogen) atoms. The minimum Gasteiger partial charge on any atom is -0.496 e. The second-order valence-corrected chi connectivity index (χ2v) is 7.91. The first-order valence-corrected chi connectivity index (χ1v) is 10.5. The lowest BCUT2D eigenvalue weighted by atomic mass is 10.1. The van der Waals surface area contributed by atoms with Crippen molar-refractivity contribution in [2.45, 2.75) is 6.04 Å². The first-order chi connectivity index (χ1) is 15.0. The van der Waals surface area contributed by atoms with Gasteiger partial charge in [0.05, 0.1) is 11.6 Å².